The van der Waals surface area contributed by atoms with E-state index in [0.717, 1.165) is 6.07 Å². The van der Waals surface area contributed by atoms with E-state index in [1.165, 1.54) is 12.1 Å². The Morgan fingerprint density at radius 3 is 2.67 bits per heavy atom. The third kappa shape index (κ3) is 2.89. The van der Waals surface area contributed by atoms with Crippen molar-refractivity contribution < 1.29 is 14.6 Å². The number of aliphatic hydroxyl groups is 2. The van der Waals surface area contributed by atoms with E-state index in [2.05, 4.69) is 5.32 Å². The Balaban J connectivity index is 2.86. The molecule has 0 aliphatic heterocycles. The number of benzene rings is 1. The molecule has 84 valence electrons. The molecule has 1 aromatic rings. The van der Waals surface area contributed by atoms with Crippen LogP contribution in [0.5, 0.6) is 0 Å². The van der Waals surface area contributed by atoms with Crippen LogP contribution in [0.3, 0.4) is 0 Å². The monoisotopic (exact) mass is 214 g/mol. The summed E-state index contributed by atoms with van der Waals surface area (Å²) in [6.07, 6.45) is -2.08. The molecule has 0 aliphatic rings. The van der Waals surface area contributed by atoms with Gasteiger partial charge in [0.05, 0.1) is 6.10 Å². The number of hydrogen-bond acceptors (Lipinski definition) is 4. The van der Waals surface area contributed by atoms with Gasteiger partial charge in [0.1, 0.15) is 11.9 Å². The van der Waals surface area contributed by atoms with Crippen LogP contribution in [-0.4, -0.2) is 29.9 Å². The third-order valence-electron chi connectivity index (χ3n) is 2.15. The first-order valence-electron chi connectivity index (χ1n) is 4.62. The highest BCUT2D eigenvalue weighted by Crippen LogP contribution is 2.23. The summed E-state index contributed by atoms with van der Waals surface area (Å²) < 4.78 is 12.7. The maximum absolute atomic E-state index is 12.7. The molecule has 0 amide bonds. The molecule has 2 atom stereocenters. The maximum Gasteiger partial charge on any atom is 0.125 e. The van der Waals surface area contributed by atoms with E-state index in [1.54, 1.807) is 7.05 Å². The second-order valence-corrected chi connectivity index (χ2v) is 3.34. The van der Waals surface area contributed by atoms with Crippen LogP contribution in [0.4, 0.5) is 10.1 Å². The fourth-order valence-electron chi connectivity index (χ4n) is 1.34. The van der Waals surface area contributed by atoms with Gasteiger partial charge in [-0.2, -0.15) is 0 Å². The number of nitrogen functional groups attached to an aromatic ring is 1. The van der Waals surface area contributed by atoms with Crippen LogP contribution in [0, 0.1) is 5.82 Å². The van der Waals surface area contributed by atoms with Crippen molar-refractivity contribution in [2.75, 3.05) is 19.3 Å². The van der Waals surface area contributed by atoms with Gasteiger partial charge < -0.3 is 21.3 Å². The van der Waals surface area contributed by atoms with Crippen LogP contribution < -0.4 is 11.1 Å². The van der Waals surface area contributed by atoms with Crippen LogP contribution in [-0.2, 0) is 0 Å². The van der Waals surface area contributed by atoms with Crippen molar-refractivity contribution in [3.8, 4) is 0 Å². The molecule has 0 heterocycles. The second kappa shape index (κ2) is 5.06. The van der Waals surface area contributed by atoms with E-state index < -0.39 is 18.0 Å². The summed E-state index contributed by atoms with van der Waals surface area (Å²) in [7, 11) is 1.66. The number of halogens is 1. The molecule has 2 unspecified atom stereocenters. The summed E-state index contributed by atoms with van der Waals surface area (Å²) in [6, 6.07) is 3.68. The molecule has 0 spiro atoms. The predicted molar refractivity (Wildman–Crippen MR) is 55.7 cm³/mol. The summed E-state index contributed by atoms with van der Waals surface area (Å²) in [5, 5.41) is 21.9. The minimum absolute atomic E-state index is 0.137. The van der Waals surface area contributed by atoms with Crippen molar-refractivity contribution in [3.05, 3.63) is 29.6 Å². The largest absolute Gasteiger partial charge is 0.398 e. The fourth-order valence-corrected chi connectivity index (χ4v) is 1.34. The number of aliphatic hydroxyl groups excluding tert-OH is 2. The van der Waals surface area contributed by atoms with Gasteiger partial charge in [0, 0.05) is 17.8 Å². The summed E-state index contributed by atoms with van der Waals surface area (Å²) in [4.78, 5) is 0. The zero-order valence-electron chi connectivity index (χ0n) is 8.44. The lowest BCUT2D eigenvalue weighted by Crippen LogP contribution is -2.30. The zero-order chi connectivity index (χ0) is 11.4. The molecule has 0 aliphatic carbocycles. The standard InChI is InChI=1S/C10H15FN2O2/c1-13-5-9(14)10(15)7-3-2-6(11)4-8(7)12/h2-4,9-10,13-15H,5,12H2,1H3. The summed E-state index contributed by atoms with van der Waals surface area (Å²) in [6.45, 7) is 0.234. The van der Waals surface area contributed by atoms with Crippen molar-refractivity contribution in [1.29, 1.82) is 0 Å². The van der Waals surface area contributed by atoms with Crippen molar-refractivity contribution in [1.82, 2.24) is 5.32 Å². The second-order valence-electron chi connectivity index (χ2n) is 3.34. The number of nitrogens with one attached hydrogen (secondary N) is 1. The van der Waals surface area contributed by atoms with Gasteiger partial charge in [0.25, 0.3) is 0 Å². The topological polar surface area (TPSA) is 78.5 Å². The van der Waals surface area contributed by atoms with Crippen LogP contribution in [0.1, 0.15) is 11.7 Å². The normalized spacial score (nSPS) is 14.9. The summed E-state index contributed by atoms with van der Waals surface area (Å²) in [5.74, 6) is -0.466. The van der Waals surface area contributed by atoms with Crippen LogP contribution >= 0.6 is 0 Å². The zero-order valence-corrected chi connectivity index (χ0v) is 8.44. The highest BCUT2D eigenvalue weighted by Gasteiger charge is 2.19. The first kappa shape index (κ1) is 11.9. The number of likely N-dealkylation sites (N-methyl/N-ethyl adjacent to an activating group) is 1. The molecule has 15 heavy (non-hydrogen) atoms. The van der Waals surface area contributed by atoms with Gasteiger partial charge >= 0.3 is 0 Å². The number of anilines is 1. The quantitative estimate of drug-likeness (QED) is 0.533. The smallest absolute Gasteiger partial charge is 0.125 e. The SMILES string of the molecule is CNCC(O)C(O)c1ccc(F)cc1N. The van der Waals surface area contributed by atoms with Gasteiger partial charge in [-0.25, -0.2) is 4.39 Å². The molecule has 0 fully saturated rings. The molecular formula is C10H15FN2O2. The van der Waals surface area contributed by atoms with Gasteiger partial charge in [-0.05, 0) is 19.2 Å². The fraction of sp³-hybridized carbons (Fsp3) is 0.400. The van der Waals surface area contributed by atoms with E-state index in [9.17, 15) is 14.6 Å². The lowest BCUT2D eigenvalue weighted by atomic mass is 10.0. The van der Waals surface area contributed by atoms with E-state index in [-0.39, 0.29) is 12.2 Å². The number of nitrogens with two attached hydrogens (primary N) is 1. The van der Waals surface area contributed by atoms with E-state index in [0.29, 0.717) is 5.56 Å². The van der Waals surface area contributed by atoms with E-state index in [4.69, 9.17) is 5.73 Å². The number of hydrogen-bond donors (Lipinski definition) is 4. The Kier molecular flexibility index (Phi) is 4.02. The van der Waals surface area contributed by atoms with E-state index >= 15 is 0 Å². The maximum atomic E-state index is 12.7. The molecule has 5 N–H and O–H groups in total. The highest BCUT2D eigenvalue weighted by molar-refractivity contribution is 5.48. The van der Waals surface area contributed by atoms with Gasteiger partial charge in [-0.3, -0.25) is 0 Å². The Hall–Kier alpha value is -1.17. The Morgan fingerprint density at radius 2 is 2.13 bits per heavy atom. The van der Waals surface area contributed by atoms with Gasteiger partial charge in [-0.1, -0.05) is 6.07 Å². The van der Waals surface area contributed by atoms with Crippen LogP contribution in [0.2, 0.25) is 0 Å². The average Bonchev–Trinajstić information content (AvgIpc) is 2.17. The molecule has 0 saturated heterocycles. The van der Waals surface area contributed by atoms with Gasteiger partial charge in [0.15, 0.2) is 0 Å². The first-order valence-corrected chi connectivity index (χ1v) is 4.62. The molecule has 4 nitrogen and oxygen atoms in total. The van der Waals surface area contributed by atoms with Crippen LogP contribution in [0.25, 0.3) is 0 Å². The van der Waals surface area contributed by atoms with Gasteiger partial charge in [0.2, 0.25) is 0 Å². The Labute approximate surface area is 87.5 Å². The Morgan fingerprint density at radius 1 is 1.47 bits per heavy atom. The highest BCUT2D eigenvalue weighted by atomic mass is 19.1. The van der Waals surface area contributed by atoms with Crippen molar-refractivity contribution >= 4 is 5.69 Å². The van der Waals surface area contributed by atoms with Crippen molar-refractivity contribution in [2.45, 2.75) is 12.2 Å². The molecule has 0 saturated carbocycles. The molecule has 1 aromatic carbocycles. The predicted octanol–water partition coefficient (Wildman–Crippen LogP) is 0.0216. The molecule has 5 heteroatoms. The summed E-state index contributed by atoms with van der Waals surface area (Å²) >= 11 is 0. The minimum atomic E-state index is -1.11. The van der Waals surface area contributed by atoms with Crippen molar-refractivity contribution in [2.24, 2.45) is 0 Å². The molecular weight excluding hydrogens is 199 g/mol. The van der Waals surface area contributed by atoms with E-state index in [1.807, 2.05) is 0 Å². The Bertz CT molecular complexity index is 333. The molecule has 1 rings (SSSR count). The lowest BCUT2D eigenvalue weighted by molar-refractivity contribution is 0.0206. The number of rotatable bonds is 4. The molecule has 0 radical (unpaired) electrons. The van der Waals surface area contributed by atoms with Gasteiger partial charge in [-0.15, -0.1) is 0 Å². The van der Waals surface area contributed by atoms with Crippen molar-refractivity contribution in [3.63, 3.8) is 0 Å². The summed E-state index contributed by atoms with van der Waals surface area (Å²) in [5.41, 5.74) is 5.99. The third-order valence-corrected chi connectivity index (χ3v) is 2.15. The minimum Gasteiger partial charge on any atom is -0.398 e. The average molecular weight is 214 g/mol. The molecule has 0 aromatic heterocycles. The molecule has 0 bridgehead atoms. The first-order chi connectivity index (χ1) is 7.06. The van der Waals surface area contributed by atoms with Crippen LogP contribution in [0.15, 0.2) is 18.2 Å². The lowest BCUT2D eigenvalue weighted by Gasteiger charge is -2.19.